The number of furan rings is 1. The first-order valence-electron chi connectivity index (χ1n) is 20.9. The number of rotatable bonds is 8. The fourth-order valence-corrected chi connectivity index (χ4v) is 9.24. The van der Waals surface area contributed by atoms with Crippen LogP contribution in [0.25, 0.3) is 71.3 Å². The van der Waals surface area contributed by atoms with Crippen molar-refractivity contribution in [1.29, 1.82) is 0 Å². The Hall–Kier alpha value is -8.41. The Morgan fingerprint density at radius 3 is 1.68 bits per heavy atom. The molecule has 9 aromatic carbocycles. The molecule has 0 atom stereocenters. The van der Waals surface area contributed by atoms with Crippen molar-refractivity contribution in [1.82, 2.24) is 9.55 Å². The molecule has 5 heteroatoms. The number of para-hydroxylation sites is 5. The first-order valence-corrected chi connectivity index (χ1v) is 20.9. The van der Waals surface area contributed by atoms with Gasteiger partial charge in [-0.15, -0.1) is 0 Å². The minimum atomic E-state index is 0.804. The molecule has 0 unspecified atom stereocenters. The van der Waals surface area contributed by atoms with Crippen LogP contribution < -0.4 is 9.80 Å². The lowest BCUT2D eigenvalue weighted by atomic mass is 10.00. The van der Waals surface area contributed by atoms with Gasteiger partial charge >= 0.3 is 0 Å². The molecule has 0 radical (unpaired) electrons. The fourth-order valence-electron chi connectivity index (χ4n) is 9.24. The SMILES string of the molecule is c1ccc(N(c2ccccc2)c2cc(N(c3ccccc3)c3ccccc3)c3c(c2)oc2ccc(-c4ccc5c6ccccc6n(-c6cccc7ccncc67)c5c4)cc23)cc1. The van der Waals surface area contributed by atoms with Crippen molar-refractivity contribution in [3.8, 4) is 16.8 Å². The normalized spacial score (nSPS) is 11.5. The zero-order chi connectivity index (χ0) is 41.0. The van der Waals surface area contributed by atoms with Crippen LogP contribution in [0.2, 0.25) is 0 Å². The molecule has 62 heavy (non-hydrogen) atoms. The van der Waals surface area contributed by atoms with Crippen molar-refractivity contribution >= 4 is 88.6 Å². The maximum Gasteiger partial charge on any atom is 0.139 e. The van der Waals surface area contributed by atoms with E-state index < -0.39 is 0 Å². The van der Waals surface area contributed by atoms with Gasteiger partial charge in [0.15, 0.2) is 0 Å². The summed E-state index contributed by atoms with van der Waals surface area (Å²) in [5.74, 6) is 0. The molecule has 12 aromatic rings. The number of nitrogens with zero attached hydrogens (tertiary/aromatic N) is 4. The molecule has 5 nitrogen and oxygen atoms in total. The van der Waals surface area contributed by atoms with Crippen LogP contribution in [0.1, 0.15) is 0 Å². The second-order valence-electron chi connectivity index (χ2n) is 15.6. The number of benzene rings is 9. The number of aromatic nitrogens is 2. The average molecular weight is 795 g/mol. The molecule has 292 valence electrons. The van der Waals surface area contributed by atoms with Crippen LogP contribution in [0.4, 0.5) is 34.1 Å². The number of pyridine rings is 1. The molecule has 0 N–H and O–H groups in total. The van der Waals surface area contributed by atoms with Crippen LogP contribution in [0.5, 0.6) is 0 Å². The molecule has 0 aliphatic carbocycles. The van der Waals surface area contributed by atoms with Crippen LogP contribution in [0.15, 0.2) is 235 Å². The Morgan fingerprint density at radius 1 is 0.387 bits per heavy atom. The summed E-state index contributed by atoms with van der Waals surface area (Å²) in [4.78, 5) is 9.19. The van der Waals surface area contributed by atoms with Gasteiger partial charge in [0.25, 0.3) is 0 Å². The highest BCUT2D eigenvalue weighted by Gasteiger charge is 2.24. The molecular weight excluding hydrogens is 757 g/mol. The molecule has 0 spiro atoms. The molecule has 0 aliphatic rings. The molecule has 0 amide bonds. The second-order valence-corrected chi connectivity index (χ2v) is 15.6. The molecule has 0 aliphatic heterocycles. The van der Waals surface area contributed by atoms with Gasteiger partial charge in [-0.1, -0.05) is 121 Å². The summed E-state index contributed by atoms with van der Waals surface area (Å²) in [6, 6.07) is 77.5. The van der Waals surface area contributed by atoms with Crippen LogP contribution in [-0.2, 0) is 0 Å². The number of hydrogen-bond donors (Lipinski definition) is 0. The number of anilines is 6. The van der Waals surface area contributed by atoms with E-state index in [0.717, 1.165) is 94.7 Å². The van der Waals surface area contributed by atoms with E-state index in [4.69, 9.17) is 4.42 Å². The summed E-state index contributed by atoms with van der Waals surface area (Å²) in [5.41, 5.74) is 13.5. The third-order valence-corrected chi connectivity index (χ3v) is 12.0. The van der Waals surface area contributed by atoms with E-state index in [1.165, 1.54) is 10.8 Å². The van der Waals surface area contributed by atoms with Gasteiger partial charge in [-0.05, 0) is 108 Å². The molecule has 0 bridgehead atoms. The van der Waals surface area contributed by atoms with E-state index in [1.807, 2.05) is 12.4 Å². The lowest BCUT2D eigenvalue weighted by molar-refractivity contribution is 0.669. The predicted molar refractivity (Wildman–Crippen MR) is 258 cm³/mol. The van der Waals surface area contributed by atoms with E-state index in [-0.39, 0.29) is 0 Å². The number of fused-ring (bicyclic) bond motifs is 7. The third-order valence-electron chi connectivity index (χ3n) is 12.0. The lowest BCUT2D eigenvalue weighted by Crippen LogP contribution is -2.13. The first kappa shape index (κ1) is 35.5. The minimum Gasteiger partial charge on any atom is -0.456 e. The number of hydrogen-bond acceptors (Lipinski definition) is 4. The van der Waals surface area contributed by atoms with Gasteiger partial charge < -0.3 is 18.8 Å². The standard InChI is InChI=1S/C57H38N4O/c1-5-17-42(18-6-1)59(43-19-7-2-8-20-43)46-36-54(60(44-21-9-3-10-22-44)45-23-11-4-12-24-45)57-49-34-40(29-31-55(49)62-56(57)37-46)41-28-30-48-47-25-13-14-26-51(47)61(53(48)35-41)52-27-15-16-39-32-33-58-38-50(39)52/h1-38H. The van der Waals surface area contributed by atoms with Crippen molar-refractivity contribution in [3.63, 3.8) is 0 Å². The van der Waals surface area contributed by atoms with E-state index >= 15 is 0 Å². The monoisotopic (exact) mass is 794 g/mol. The molecule has 3 heterocycles. The fraction of sp³-hybridized carbons (Fsp3) is 0. The zero-order valence-electron chi connectivity index (χ0n) is 33.6. The largest absolute Gasteiger partial charge is 0.456 e. The van der Waals surface area contributed by atoms with Crippen LogP contribution in [0, 0.1) is 0 Å². The maximum atomic E-state index is 6.93. The predicted octanol–water partition coefficient (Wildman–Crippen LogP) is 15.8. The highest BCUT2D eigenvalue weighted by molar-refractivity contribution is 6.16. The van der Waals surface area contributed by atoms with E-state index in [2.05, 4.69) is 238 Å². The molecule has 3 aromatic heterocycles. The van der Waals surface area contributed by atoms with Gasteiger partial charge in [0.05, 0.1) is 33.5 Å². The highest BCUT2D eigenvalue weighted by Crippen LogP contribution is 2.48. The van der Waals surface area contributed by atoms with Gasteiger partial charge in [0.2, 0.25) is 0 Å². The third kappa shape index (κ3) is 5.90. The Balaban J connectivity index is 1.11. The Kier molecular flexibility index (Phi) is 8.42. The molecule has 0 fully saturated rings. The van der Waals surface area contributed by atoms with Crippen LogP contribution in [-0.4, -0.2) is 9.55 Å². The molecule has 0 saturated carbocycles. The van der Waals surface area contributed by atoms with Crippen molar-refractivity contribution < 1.29 is 4.42 Å². The van der Waals surface area contributed by atoms with Crippen molar-refractivity contribution in [2.75, 3.05) is 9.80 Å². The summed E-state index contributed by atoms with van der Waals surface area (Å²) in [6.07, 6.45) is 3.84. The van der Waals surface area contributed by atoms with Gasteiger partial charge in [0, 0.05) is 62.8 Å². The molecule has 0 saturated heterocycles. The van der Waals surface area contributed by atoms with Crippen molar-refractivity contribution in [2.45, 2.75) is 0 Å². The van der Waals surface area contributed by atoms with Crippen molar-refractivity contribution in [3.05, 3.63) is 231 Å². The second kappa shape index (κ2) is 14.7. The summed E-state index contributed by atoms with van der Waals surface area (Å²) >= 11 is 0. The first-order chi connectivity index (χ1) is 30.8. The lowest BCUT2D eigenvalue weighted by Gasteiger charge is -2.30. The summed E-state index contributed by atoms with van der Waals surface area (Å²) in [6.45, 7) is 0. The van der Waals surface area contributed by atoms with Crippen LogP contribution in [0.3, 0.4) is 0 Å². The van der Waals surface area contributed by atoms with Gasteiger partial charge in [-0.25, -0.2) is 0 Å². The molecule has 12 rings (SSSR count). The molecular formula is C57H38N4O. The summed E-state index contributed by atoms with van der Waals surface area (Å²) in [5, 5.41) is 6.78. The Labute approximate surface area is 358 Å². The summed E-state index contributed by atoms with van der Waals surface area (Å²) < 4.78 is 9.33. The zero-order valence-corrected chi connectivity index (χ0v) is 33.6. The van der Waals surface area contributed by atoms with E-state index in [1.54, 1.807) is 0 Å². The topological polar surface area (TPSA) is 37.4 Å². The Morgan fingerprint density at radius 2 is 0.984 bits per heavy atom. The smallest absolute Gasteiger partial charge is 0.139 e. The van der Waals surface area contributed by atoms with E-state index in [9.17, 15) is 0 Å². The van der Waals surface area contributed by atoms with Gasteiger partial charge in [0.1, 0.15) is 11.2 Å². The van der Waals surface area contributed by atoms with Gasteiger partial charge in [-0.2, -0.15) is 0 Å². The minimum absolute atomic E-state index is 0.804. The summed E-state index contributed by atoms with van der Waals surface area (Å²) in [7, 11) is 0. The highest BCUT2D eigenvalue weighted by atomic mass is 16.3. The van der Waals surface area contributed by atoms with Gasteiger partial charge in [-0.3, -0.25) is 4.98 Å². The van der Waals surface area contributed by atoms with E-state index in [0.29, 0.717) is 0 Å². The van der Waals surface area contributed by atoms with Crippen molar-refractivity contribution in [2.24, 2.45) is 0 Å². The van der Waals surface area contributed by atoms with Crippen LogP contribution >= 0.6 is 0 Å². The maximum absolute atomic E-state index is 6.93. The average Bonchev–Trinajstić information content (AvgIpc) is 3.88. The Bertz CT molecular complexity index is 3500. The quantitative estimate of drug-likeness (QED) is 0.154.